The molecule has 1 amide bonds. The summed E-state index contributed by atoms with van der Waals surface area (Å²) in [5.41, 5.74) is -0.368. The lowest BCUT2D eigenvalue weighted by Gasteiger charge is -2.50. The van der Waals surface area contributed by atoms with Crippen LogP contribution in [0.15, 0.2) is 23.2 Å². The Morgan fingerprint density at radius 3 is 2.60 bits per heavy atom. The highest BCUT2D eigenvalue weighted by molar-refractivity contribution is 7.98. The Bertz CT molecular complexity index is 1200. The molecule has 2 N–H and O–H groups in total. The SMILES string of the molecule is CCC(CC)C(=O)OCC[C@@]1(C)C(c2cn3cnc(SC)c3s2)=C(C(=O)O)N2C(=O)[C@H](C(C)O)[C@@H]21. The van der Waals surface area contributed by atoms with E-state index in [1.165, 1.54) is 28.0 Å². The number of fused-ring (bicyclic) bond motifs is 2. The van der Waals surface area contributed by atoms with Crippen LogP contribution in [-0.4, -0.2) is 67.4 Å². The molecule has 1 unspecified atom stereocenters. The predicted molar refractivity (Wildman–Crippen MR) is 133 cm³/mol. The molecule has 0 bridgehead atoms. The predicted octanol–water partition coefficient (Wildman–Crippen LogP) is 3.51. The number of aliphatic carboxylic acids is 1. The summed E-state index contributed by atoms with van der Waals surface area (Å²) in [7, 11) is 0. The first kappa shape index (κ1) is 25.7. The van der Waals surface area contributed by atoms with E-state index >= 15 is 0 Å². The van der Waals surface area contributed by atoms with Crippen molar-refractivity contribution >= 4 is 51.3 Å². The van der Waals surface area contributed by atoms with Gasteiger partial charge in [0.2, 0.25) is 5.91 Å². The zero-order valence-electron chi connectivity index (χ0n) is 20.5. The lowest BCUT2D eigenvalue weighted by molar-refractivity contribution is -0.168. The van der Waals surface area contributed by atoms with Gasteiger partial charge in [0.15, 0.2) is 0 Å². The monoisotopic (exact) mass is 521 g/mol. The first-order valence-electron chi connectivity index (χ1n) is 11.8. The molecule has 2 aliphatic heterocycles. The van der Waals surface area contributed by atoms with Crippen molar-refractivity contribution in [1.29, 1.82) is 0 Å². The number of carboxylic acid groups (broad SMARTS) is 1. The van der Waals surface area contributed by atoms with Crippen LogP contribution in [0.25, 0.3) is 10.4 Å². The number of carbonyl (C=O) groups excluding carboxylic acids is 2. The number of aliphatic hydroxyl groups is 1. The zero-order chi connectivity index (χ0) is 25.7. The van der Waals surface area contributed by atoms with Crippen LogP contribution in [0, 0.1) is 17.3 Å². The van der Waals surface area contributed by atoms with E-state index in [9.17, 15) is 24.6 Å². The Kier molecular flexibility index (Phi) is 7.05. The lowest BCUT2D eigenvalue weighted by atomic mass is 9.65. The van der Waals surface area contributed by atoms with Crippen molar-refractivity contribution in [3.05, 3.63) is 23.1 Å². The Balaban J connectivity index is 1.77. The van der Waals surface area contributed by atoms with Gasteiger partial charge in [0.05, 0.1) is 35.5 Å². The number of hydrogen-bond acceptors (Lipinski definition) is 8. The number of imidazole rings is 1. The first-order chi connectivity index (χ1) is 16.6. The summed E-state index contributed by atoms with van der Waals surface area (Å²) in [4.78, 5) is 45.3. The smallest absolute Gasteiger partial charge is 0.352 e. The number of thiazole rings is 1. The van der Waals surface area contributed by atoms with Crippen LogP contribution < -0.4 is 0 Å². The fraction of sp³-hybridized carbons (Fsp3) is 0.583. The normalized spacial score (nSPS) is 24.8. The van der Waals surface area contributed by atoms with E-state index in [2.05, 4.69) is 4.98 Å². The zero-order valence-corrected chi connectivity index (χ0v) is 22.1. The second-order valence-corrected chi connectivity index (χ2v) is 11.2. The molecule has 0 aromatic carbocycles. The number of nitrogens with zero attached hydrogens (tertiary/aromatic N) is 3. The van der Waals surface area contributed by atoms with Gasteiger partial charge in [0.1, 0.15) is 21.9 Å². The fourth-order valence-electron chi connectivity index (χ4n) is 5.47. The van der Waals surface area contributed by atoms with E-state index in [1.54, 1.807) is 13.3 Å². The third-order valence-corrected chi connectivity index (χ3v) is 9.31. The molecule has 2 aromatic heterocycles. The van der Waals surface area contributed by atoms with E-state index in [0.29, 0.717) is 24.8 Å². The number of carbonyl (C=O) groups is 3. The van der Waals surface area contributed by atoms with Crippen LogP contribution in [0.1, 0.15) is 51.8 Å². The van der Waals surface area contributed by atoms with Crippen LogP contribution in [0.3, 0.4) is 0 Å². The third-order valence-electron chi connectivity index (χ3n) is 7.37. The van der Waals surface area contributed by atoms with Crippen molar-refractivity contribution in [2.75, 3.05) is 12.9 Å². The van der Waals surface area contributed by atoms with E-state index in [-0.39, 0.29) is 24.2 Å². The molecule has 4 rings (SSSR count). The maximum absolute atomic E-state index is 13.0. The number of rotatable bonds is 10. The topological polar surface area (TPSA) is 121 Å². The van der Waals surface area contributed by atoms with E-state index in [1.807, 2.05) is 37.6 Å². The molecule has 11 heteroatoms. The molecule has 1 saturated heterocycles. The van der Waals surface area contributed by atoms with Gasteiger partial charge in [0, 0.05) is 17.2 Å². The van der Waals surface area contributed by atoms with Crippen molar-refractivity contribution < 1.29 is 29.3 Å². The van der Waals surface area contributed by atoms with E-state index in [0.717, 1.165) is 14.7 Å². The minimum absolute atomic E-state index is 0.0612. The Morgan fingerprint density at radius 1 is 1.34 bits per heavy atom. The van der Waals surface area contributed by atoms with Gasteiger partial charge in [-0.3, -0.25) is 14.0 Å². The summed E-state index contributed by atoms with van der Waals surface area (Å²) in [5.74, 6) is -2.76. The first-order valence-corrected chi connectivity index (χ1v) is 13.8. The summed E-state index contributed by atoms with van der Waals surface area (Å²) in [6.45, 7) is 7.43. The minimum atomic E-state index is -1.19. The Labute approximate surface area is 212 Å². The largest absolute Gasteiger partial charge is 0.477 e. The fourth-order valence-corrected chi connectivity index (χ4v) is 7.43. The van der Waals surface area contributed by atoms with Gasteiger partial charge in [-0.25, -0.2) is 9.78 Å². The molecule has 0 saturated carbocycles. The van der Waals surface area contributed by atoms with Gasteiger partial charge in [0.25, 0.3) is 0 Å². The number of carboxylic acids is 1. The van der Waals surface area contributed by atoms with Crippen LogP contribution in [0.2, 0.25) is 0 Å². The number of esters is 1. The highest BCUT2D eigenvalue weighted by Gasteiger charge is 2.66. The number of aliphatic hydroxyl groups excluding tert-OH is 1. The molecule has 4 heterocycles. The van der Waals surface area contributed by atoms with Crippen molar-refractivity contribution in [1.82, 2.24) is 14.3 Å². The van der Waals surface area contributed by atoms with Crippen LogP contribution in [-0.2, 0) is 19.1 Å². The summed E-state index contributed by atoms with van der Waals surface area (Å²) in [6, 6.07) is -0.539. The number of hydrogen-bond donors (Lipinski definition) is 2. The van der Waals surface area contributed by atoms with Crippen LogP contribution >= 0.6 is 23.1 Å². The molecule has 0 aliphatic carbocycles. The Morgan fingerprint density at radius 2 is 2.03 bits per heavy atom. The molecular weight excluding hydrogens is 490 g/mol. The number of β-lactam (4-membered cyclic amide) rings is 1. The summed E-state index contributed by atoms with van der Waals surface area (Å²) < 4.78 is 7.47. The molecule has 190 valence electrons. The van der Waals surface area contributed by atoms with Crippen LogP contribution in [0.4, 0.5) is 0 Å². The third kappa shape index (κ3) is 3.97. The summed E-state index contributed by atoms with van der Waals surface area (Å²) in [6.07, 6.45) is 6.21. The number of amides is 1. The highest BCUT2D eigenvalue weighted by atomic mass is 32.2. The molecule has 9 nitrogen and oxygen atoms in total. The quantitative estimate of drug-likeness (QED) is 0.277. The number of aromatic nitrogens is 2. The highest BCUT2D eigenvalue weighted by Crippen LogP contribution is 2.60. The molecule has 4 atom stereocenters. The summed E-state index contributed by atoms with van der Waals surface area (Å²) in [5, 5.41) is 21.4. The average Bonchev–Trinajstić information content (AvgIpc) is 3.43. The Hall–Kier alpha value is -2.37. The average molecular weight is 522 g/mol. The molecule has 0 radical (unpaired) electrons. The number of thioether (sulfide) groups is 1. The standard InChI is InChI=1S/C24H31N3O6S2/c1-6-13(7-2)23(32)33-9-8-24(4)16(14-10-26-11-25-19(34-5)21(26)35-14)17(22(30)31)27-18(24)15(12(3)28)20(27)29/h10-13,15,18,28H,6-9H2,1-5H3,(H,30,31)/t12?,15-,18-,24+/m1/s1. The maximum Gasteiger partial charge on any atom is 0.352 e. The minimum Gasteiger partial charge on any atom is -0.477 e. The van der Waals surface area contributed by atoms with Gasteiger partial charge >= 0.3 is 11.9 Å². The van der Waals surface area contributed by atoms with Crippen molar-refractivity contribution in [3.63, 3.8) is 0 Å². The molecule has 1 fully saturated rings. The molecule has 35 heavy (non-hydrogen) atoms. The molecular formula is C24H31N3O6S2. The molecule has 2 aromatic rings. The number of ether oxygens (including phenoxy) is 1. The molecule has 2 aliphatic rings. The van der Waals surface area contributed by atoms with Gasteiger partial charge in [-0.2, -0.15) is 0 Å². The van der Waals surface area contributed by atoms with Crippen LogP contribution in [0.5, 0.6) is 0 Å². The summed E-state index contributed by atoms with van der Waals surface area (Å²) >= 11 is 2.92. The van der Waals surface area contributed by atoms with Crippen molar-refractivity contribution in [2.45, 2.75) is 64.1 Å². The second kappa shape index (κ2) is 9.59. The van der Waals surface area contributed by atoms with Gasteiger partial charge < -0.3 is 19.8 Å². The second-order valence-electron chi connectivity index (χ2n) is 9.36. The van der Waals surface area contributed by atoms with Gasteiger partial charge in [-0.05, 0) is 32.4 Å². The van der Waals surface area contributed by atoms with Gasteiger partial charge in [-0.15, -0.1) is 23.1 Å². The lowest BCUT2D eigenvalue weighted by Crippen LogP contribution is -2.66. The van der Waals surface area contributed by atoms with Crippen molar-refractivity contribution in [2.24, 2.45) is 17.3 Å². The van der Waals surface area contributed by atoms with Crippen molar-refractivity contribution in [3.8, 4) is 0 Å². The molecule has 0 spiro atoms. The maximum atomic E-state index is 13.0. The van der Waals surface area contributed by atoms with E-state index < -0.39 is 35.4 Å². The van der Waals surface area contributed by atoms with E-state index in [4.69, 9.17) is 4.74 Å². The van der Waals surface area contributed by atoms with Gasteiger partial charge in [-0.1, -0.05) is 20.8 Å².